The molecule has 1 aromatic heterocycles. The first-order valence-electron chi connectivity index (χ1n) is 9.28. The van der Waals surface area contributed by atoms with E-state index in [0.29, 0.717) is 17.2 Å². The van der Waals surface area contributed by atoms with Gasteiger partial charge in [0, 0.05) is 16.6 Å². The van der Waals surface area contributed by atoms with Crippen LogP contribution in [0.5, 0.6) is 0 Å². The van der Waals surface area contributed by atoms with Crippen molar-refractivity contribution in [2.75, 3.05) is 5.32 Å². The number of hydrogen-bond acceptors (Lipinski definition) is 3. The minimum atomic E-state index is -0.188. The van der Waals surface area contributed by atoms with Gasteiger partial charge in [0.15, 0.2) is 0 Å². The minimum absolute atomic E-state index is 0.188. The molecule has 0 aliphatic heterocycles. The van der Waals surface area contributed by atoms with Crippen LogP contribution in [0.2, 0.25) is 0 Å². The number of benzene rings is 3. The van der Waals surface area contributed by atoms with E-state index in [-0.39, 0.29) is 5.91 Å². The fourth-order valence-electron chi connectivity index (χ4n) is 3.21. The summed E-state index contributed by atoms with van der Waals surface area (Å²) in [7, 11) is 0. The monoisotopic (exact) mass is 383 g/mol. The summed E-state index contributed by atoms with van der Waals surface area (Å²) in [6, 6.07) is 21.5. The molecule has 0 saturated heterocycles. The van der Waals surface area contributed by atoms with Gasteiger partial charge in [-0.3, -0.25) is 4.79 Å². The fraction of sp³-hybridized carbons (Fsp3) is 0.0870. The van der Waals surface area contributed by atoms with Crippen LogP contribution in [0.1, 0.15) is 29.9 Å². The fourth-order valence-corrected chi connectivity index (χ4v) is 3.21. The van der Waals surface area contributed by atoms with Crippen LogP contribution >= 0.6 is 0 Å². The van der Waals surface area contributed by atoms with Crippen LogP contribution in [0.25, 0.3) is 21.7 Å². The SMILES string of the molecule is CC(N)=N/N=C(/C)c1ccc(NC(=O)c2cc3c(ccc4ccccc43)[nH]2)cc1. The second-order valence-electron chi connectivity index (χ2n) is 6.89. The summed E-state index contributed by atoms with van der Waals surface area (Å²) in [5, 5.41) is 14.2. The smallest absolute Gasteiger partial charge is 0.272 e. The van der Waals surface area contributed by atoms with Gasteiger partial charge in [-0.2, -0.15) is 5.10 Å². The van der Waals surface area contributed by atoms with Gasteiger partial charge in [0.2, 0.25) is 0 Å². The van der Waals surface area contributed by atoms with Crippen molar-refractivity contribution in [2.45, 2.75) is 13.8 Å². The first-order chi connectivity index (χ1) is 14.0. The number of aromatic nitrogens is 1. The Labute approximate surface area is 168 Å². The minimum Gasteiger partial charge on any atom is -0.386 e. The lowest BCUT2D eigenvalue weighted by Crippen LogP contribution is -2.12. The summed E-state index contributed by atoms with van der Waals surface area (Å²) in [6.07, 6.45) is 0. The second kappa shape index (κ2) is 7.59. The molecule has 6 nitrogen and oxygen atoms in total. The van der Waals surface area contributed by atoms with Gasteiger partial charge in [0.25, 0.3) is 5.91 Å². The Morgan fingerprint density at radius 3 is 2.45 bits per heavy atom. The van der Waals surface area contributed by atoms with Crippen LogP contribution in [0, 0.1) is 0 Å². The summed E-state index contributed by atoms with van der Waals surface area (Å²) >= 11 is 0. The van der Waals surface area contributed by atoms with Crippen LogP contribution in [0.3, 0.4) is 0 Å². The molecule has 0 spiro atoms. The zero-order chi connectivity index (χ0) is 20.4. The first-order valence-corrected chi connectivity index (χ1v) is 9.28. The quantitative estimate of drug-likeness (QED) is 0.271. The standard InChI is InChI=1S/C23H21N5O/c1-14(27-28-15(2)24)16-7-10-18(11-8-16)25-23(29)22-13-20-19-6-4-3-5-17(19)9-12-21(20)26-22/h3-13,26H,1-2H3,(H2,24,28)(H,25,29)/b27-14-. The molecule has 1 amide bonds. The van der Waals surface area contributed by atoms with Gasteiger partial charge in [-0.1, -0.05) is 42.5 Å². The molecule has 0 fully saturated rings. The van der Waals surface area contributed by atoms with Crippen molar-refractivity contribution in [2.24, 2.45) is 15.9 Å². The van der Waals surface area contributed by atoms with Crippen molar-refractivity contribution in [1.29, 1.82) is 0 Å². The van der Waals surface area contributed by atoms with E-state index in [1.807, 2.05) is 55.5 Å². The lowest BCUT2D eigenvalue weighted by atomic mass is 10.1. The number of nitrogens with zero attached hydrogens (tertiary/aromatic N) is 2. The van der Waals surface area contributed by atoms with Crippen molar-refractivity contribution in [3.63, 3.8) is 0 Å². The predicted octanol–water partition coefficient (Wildman–Crippen LogP) is 4.67. The Morgan fingerprint density at radius 2 is 1.69 bits per heavy atom. The molecule has 0 saturated carbocycles. The number of hydrogen-bond donors (Lipinski definition) is 3. The lowest BCUT2D eigenvalue weighted by molar-refractivity contribution is 0.102. The van der Waals surface area contributed by atoms with Gasteiger partial charge >= 0.3 is 0 Å². The Bertz CT molecular complexity index is 1260. The van der Waals surface area contributed by atoms with E-state index in [2.05, 4.69) is 38.7 Å². The number of amidine groups is 1. The molecule has 144 valence electrons. The van der Waals surface area contributed by atoms with Crippen molar-refractivity contribution >= 4 is 44.8 Å². The van der Waals surface area contributed by atoms with Gasteiger partial charge in [0.1, 0.15) is 11.5 Å². The van der Waals surface area contributed by atoms with Gasteiger partial charge in [0.05, 0.1) is 5.71 Å². The molecule has 0 radical (unpaired) electrons. The molecule has 3 aromatic carbocycles. The summed E-state index contributed by atoms with van der Waals surface area (Å²) in [4.78, 5) is 15.9. The average molecular weight is 383 g/mol. The number of aromatic amines is 1. The van der Waals surface area contributed by atoms with Gasteiger partial charge in [-0.05, 0) is 54.4 Å². The molecular weight excluding hydrogens is 362 g/mol. The number of nitrogens with two attached hydrogens (primary N) is 1. The Balaban J connectivity index is 1.56. The second-order valence-corrected chi connectivity index (χ2v) is 6.89. The predicted molar refractivity (Wildman–Crippen MR) is 120 cm³/mol. The van der Waals surface area contributed by atoms with Crippen molar-refractivity contribution in [1.82, 2.24) is 4.98 Å². The van der Waals surface area contributed by atoms with E-state index in [4.69, 9.17) is 5.73 Å². The molecule has 0 unspecified atom stereocenters. The van der Waals surface area contributed by atoms with E-state index in [0.717, 1.165) is 33.0 Å². The Kier molecular flexibility index (Phi) is 4.83. The molecule has 6 heteroatoms. The molecule has 0 atom stereocenters. The van der Waals surface area contributed by atoms with Gasteiger partial charge in [-0.15, -0.1) is 5.10 Å². The highest BCUT2D eigenvalue weighted by Gasteiger charge is 2.12. The number of anilines is 1. The third-order valence-corrected chi connectivity index (χ3v) is 4.69. The molecule has 4 aromatic rings. The molecule has 0 aliphatic rings. The summed E-state index contributed by atoms with van der Waals surface area (Å²) < 4.78 is 0. The average Bonchev–Trinajstić information content (AvgIpc) is 3.17. The molecule has 1 heterocycles. The van der Waals surface area contributed by atoms with Crippen LogP contribution in [0.4, 0.5) is 5.69 Å². The van der Waals surface area contributed by atoms with E-state index in [9.17, 15) is 4.79 Å². The van der Waals surface area contributed by atoms with Crippen molar-refractivity contribution < 1.29 is 4.79 Å². The van der Waals surface area contributed by atoms with Crippen molar-refractivity contribution in [3.05, 3.63) is 78.0 Å². The number of rotatable bonds is 4. The maximum atomic E-state index is 12.7. The number of amides is 1. The lowest BCUT2D eigenvalue weighted by Gasteiger charge is -2.05. The number of H-pyrrole nitrogens is 1. The highest BCUT2D eigenvalue weighted by Crippen LogP contribution is 2.26. The maximum absolute atomic E-state index is 12.7. The molecule has 29 heavy (non-hydrogen) atoms. The molecule has 0 aliphatic carbocycles. The molecule has 0 bridgehead atoms. The molecule has 4 rings (SSSR count). The van der Waals surface area contributed by atoms with E-state index < -0.39 is 0 Å². The van der Waals surface area contributed by atoms with E-state index in [1.54, 1.807) is 6.92 Å². The van der Waals surface area contributed by atoms with Gasteiger partial charge in [-0.25, -0.2) is 0 Å². The Hall–Kier alpha value is -3.93. The number of carbonyl (C=O) groups is 1. The summed E-state index contributed by atoms with van der Waals surface area (Å²) in [6.45, 7) is 3.54. The van der Waals surface area contributed by atoms with Crippen LogP contribution in [0.15, 0.2) is 76.9 Å². The maximum Gasteiger partial charge on any atom is 0.272 e. The summed E-state index contributed by atoms with van der Waals surface area (Å²) in [5.74, 6) is 0.214. The third-order valence-electron chi connectivity index (χ3n) is 4.69. The zero-order valence-corrected chi connectivity index (χ0v) is 16.2. The topological polar surface area (TPSA) is 95.6 Å². The highest BCUT2D eigenvalue weighted by molar-refractivity contribution is 6.12. The number of fused-ring (bicyclic) bond motifs is 3. The van der Waals surface area contributed by atoms with E-state index >= 15 is 0 Å². The normalized spacial score (nSPS) is 12.5. The number of carbonyl (C=O) groups excluding carboxylic acids is 1. The van der Waals surface area contributed by atoms with E-state index in [1.165, 1.54) is 0 Å². The Morgan fingerprint density at radius 1 is 0.931 bits per heavy atom. The largest absolute Gasteiger partial charge is 0.386 e. The zero-order valence-electron chi connectivity index (χ0n) is 16.2. The van der Waals surface area contributed by atoms with Crippen LogP contribution in [-0.2, 0) is 0 Å². The first kappa shape index (κ1) is 18.4. The van der Waals surface area contributed by atoms with Gasteiger partial charge < -0.3 is 16.0 Å². The van der Waals surface area contributed by atoms with Crippen molar-refractivity contribution in [3.8, 4) is 0 Å². The molecular formula is C23H21N5O. The van der Waals surface area contributed by atoms with Crippen LogP contribution < -0.4 is 11.1 Å². The summed E-state index contributed by atoms with van der Waals surface area (Å²) in [5.41, 5.74) is 9.32. The van der Waals surface area contributed by atoms with Crippen LogP contribution in [-0.4, -0.2) is 22.4 Å². The highest BCUT2D eigenvalue weighted by atomic mass is 16.1. The molecule has 4 N–H and O–H groups in total. The number of nitrogens with one attached hydrogen (secondary N) is 2. The third kappa shape index (κ3) is 3.87.